The van der Waals surface area contributed by atoms with E-state index in [0.29, 0.717) is 17.8 Å². The van der Waals surface area contributed by atoms with Gasteiger partial charge >= 0.3 is 0 Å². The number of aromatic nitrogens is 2. The number of rotatable bonds is 4. The normalized spacial score (nSPS) is 10.8. The predicted octanol–water partition coefficient (Wildman–Crippen LogP) is 3.39. The second-order valence-corrected chi connectivity index (χ2v) is 4.47. The van der Waals surface area contributed by atoms with Crippen LogP contribution in [0.25, 0.3) is 0 Å². The average molecular weight is 282 g/mol. The first-order valence-electron chi connectivity index (χ1n) is 5.83. The molecule has 0 fully saturated rings. The van der Waals surface area contributed by atoms with Crippen molar-refractivity contribution < 1.29 is 13.7 Å². The molecule has 0 aliphatic heterocycles. The van der Waals surface area contributed by atoms with Gasteiger partial charge in [0.1, 0.15) is 5.69 Å². The van der Waals surface area contributed by atoms with Crippen molar-refractivity contribution in [2.75, 3.05) is 5.32 Å². The van der Waals surface area contributed by atoms with Crippen LogP contribution in [-0.4, -0.2) is 14.7 Å². The summed E-state index contributed by atoms with van der Waals surface area (Å²) in [5.41, 5.74) is -0.687. The fourth-order valence-corrected chi connectivity index (χ4v) is 1.61. The van der Waals surface area contributed by atoms with Gasteiger partial charge in [-0.15, -0.1) is 0 Å². The zero-order valence-electron chi connectivity index (χ0n) is 10.8. The van der Waals surface area contributed by atoms with E-state index in [9.17, 15) is 18.9 Å². The Morgan fingerprint density at radius 1 is 1.35 bits per heavy atom. The van der Waals surface area contributed by atoms with Gasteiger partial charge in [-0.2, -0.15) is 5.10 Å². The smallest absolute Gasteiger partial charge is 0.275 e. The van der Waals surface area contributed by atoms with Crippen LogP contribution in [0.4, 0.5) is 25.8 Å². The second-order valence-electron chi connectivity index (χ2n) is 4.47. The minimum absolute atomic E-state index is 0.108. The maximum Gasteiger partial charge on any atom is 0.275 e. The van der Waals surface area contributed by atoms with Gasteiger partial charge in [-0.3, -0.25) is 14.8 Å². The van der Waals surface area contributed by atoms with Gasteiger partial charge in [0.05, 0.1) is 28.9 Å². The molecule has 2 aromatic rings. The third kappa shape index (κ3) is 2.73. The molecule has 1 aromatic heterocycles. The number of anilines is 2. The number of benzene rings is 1. The summed E-state index contributed by atoms with van der Waals surface area (Å²) >= 11 is 0. The van der Waals surface area contributed by atoms with Crippen LogP contribution in [0.15, 0.2) is 24.5 Å². The highest BCUT2D eigenvalue weighted by molar-refractivity contribution is 5.61. The van der Waals surface area contributed by atoms with E-state index in [0.717, 1.165) is 0 Å². The lowest BCUT2D eigenvalue weighted by atomic mass is 10.2. The molecule has 0 atom stereocenters. The summed E-state index contributed by atoms with van der Waals surface area (Å²) in [7, 11) is 0. The molecule has 0 saturated carbocycles. The van der Waals surface area contributed by atoms with Crippen LogP contribution in [0.5, 0.6) is 0 Å². The lowest BCUT2D eigenvalue weighted by Gasteiger charge is -2.07. The van der Waals surface area contributed by atoms with Crippen LogP contribution in [0.2, 0.25) is 0 Å². The fraction of sp³-hybridized carbons (Fsp3) is 0.250. The highest BCUT2D eigenvalue weighted by Gasteiger charge is 2.17. The highest BCUT2D eigenvalue weighted by Crippen LogP contribution is 2.27. The third-order valence-electron chi connectivity index (χ3n) is 2.64. The van der Waals surface area contributed by atoms with Crippen LogP contribution in [0, 0.1) is 21.7 Å². The van der Waals surface area contributed by atoms with Crippen molar-refractivity contribution in [2.24, 2.45) is 0 Å². The van der Waals surface area contributed by atoms with Gasteiger partial charge in [-0.05, 0) is 13.8 Å². The summed E-state index contributed by atoms with van der Waals surface area (Å²) in [6, 6.07) is 1.44. The third-order valence-corrected chi connectivity index (χ3v) is 2.64. The first-order chi connectivity index (χ1) is 9.38. The van der Waals surface area contributed by atoms with E-state index < -0.39 is 27.9 Å². The lowest BCUT2D eigenvalue weighted by molar-refractivity contribution is -0.385. The molecule has 1 aromatic carbocycles. The van der Waals surface area contributed by atoms with Gasteiger partial charge in [0, 0.05) is 12.2 Å². The molecule has 1 heterocycles. The zero-order valence-corrected chi connectivity index (χ0v) is 10.8. The first kappa shape index (κ1) is 13.9. The summed E-state index contributed by atoms with van der Waals surface area (Å²) in [5.74, 6) is -2.07. The number of halogens is 2. The Labute approximate surface area is 113 Å². The Hall–Kier alpha value is -2.51. The van der Waals surface area contributed by atoms with Gasteiger partial charge in [0.25, 0.3) is 5.69 Å². The number of non-ortho nitro benzene ring substituents is 1. The second kappa shape index (κ2) is 5.24. The van der Waals surface area contributed by atoms with Gasteiger partial charge in [0.2, 0.25) is 0 Å². The molecule has 20 heavy (non-hydrogen) atoms. The summed E-state index contributed by atoms with van der Waals surface area (Å²) in [6.07, 6.45) is 3.01. The van der Waals surface area contributed by atoms with Crippen LogP contribution in [0.3, 0.4) is 0 Å². The summed E-state index contributed by atoms with van der Waals surface area (Å²) in [5, 5.41) is 17.0. The zero-order chi connectivity index (χ0) is 14.9. The van der Waals surface area contributed by atoms with Crippen LogP contribution in [0.1, 0.15) is 19.9 Å². The molecule has 0 aliphatic carbocycles. The molecule has 0 radical (unpaired) electrons. The van der Waals surface area contributed by atoms with Crippen molar-refractivity contribution in [3.05, 3.63) is 46.3 Å². The van der Waals surface area contributed by atoms with Crippen molar-refractivity contribution in [3.63, 3.8) is 0 Å². The van der Waals surface area contributed by atoms with Crippen LogP contribution >= 0.6 is 0 Å². The molecule has 0 saturated heterocycles. The van der Waals surface area contributed by atoms with E-state index in [1.54, 1.807) is 10.9 Å². The molecule has 0 amide bonds. The Morgan fingerprint density at radius 3 is 2.40 bits per heavy atom. The van der Waals surface area contributed by atoms with Crippen molar-refractivity contribution in [2.45, 2.75) is 19.9 Å². The molecule has 0 unspecified atom stereocenters. The van der Waals surface area contributed by atoms with Crippen LogP contribution in [-0.2, 0) is 0 Å². The van der Waals surface area contributed by atoms with Crippen molar-refractivity contribution in [1.29, 1.82) is 0 Å². The van der Waals surface area contributed by atoms with E-state index in [1.807, 2.05) is 13.8 Å². The summed E-state index contributed by atoms with van der Waals surface area (Å²) in [6.45, 7) is 3.81. The predicted molar refractivity (Wildman–Crippen MR) is 68.9 cm³/mol. The molecule has 8 heteroatoms. The van der Waals surface area contributed by atoms with Crippen LogP contribution < -0.4 is 5.32 Å². The number of hydrogen-bond donors (Lipinski definition) is 1. The van der Waals surface area contributed by atoms with E-state index >= 15 is 0 Å². The van der Waals surface area contributed by atoms with E-state index in [-0.39, 0.29) is 6.04 Å². The molecule has 6 nitrogen and oxygen atoms in total. The van der Waals surface area contributed by atoms with Crippen molar-refractivity contribution in [3.8, 4) is 0 Å². The fourth-order valence-electron chi connectivity index (χ4n) is 1.61. The quantitative estimate of drug-likeness (QED) is 0.689. The maximum absolute atomic E-state index is 13.7. The number of nitro groups is 1. The van der Waals surface area contributed by atoms with Gasteiger partial charge in [-0.1, -0.05) is 0 Å². The first-order valence-corrected chi connectivity index (χ1v) is 5.83. The number of hydrogen-bond acceptors (Lipinski definition) is 4. The molecule has 0 spiro atoms. The Balaban J connectivity index is 2.31. The van der Waals surface area contributed by atoms with Gasteiger partial charge in [0.15, 0.2) is 11.6 Å². The number of nitrogens with one attached hydrogen (secondary N) is 1. The Morgan fingerprint density at radius 2 is 1.95 bits per heavy atom. The average Bonchev–Trinajstić information content (AvgIpc) is 2.82. The van der Waals surface area contributed by atoms with E-state index in [4.69, 9.17) is 0 Å². The molecular weight excluding hydrogens is 270 g/mol. The minimum atomic E-state index is -1.03. The van der Waals surface area contributed by atoms with E-state index in [1.165, 1.54) is 6.20 Å². The molecule has 0 aliphatic rings. The monoisotopic (exact) mass is 282 g/mol. The minimum Gasteiger partial charge on any atom is -0.348 e. The maximum atomic E-state index is 13.7. The molecule has 1 N–H and O–H groups in total. The lowest BCUT2D eigenvalue weighted by Crippen LogP contribution is -2.01. The van der Waals surface area contributed by atoms with Crippen molar-refractivity contribution >= 4 is 17.1 Å². The Kier molecular flexibility index (Phi) is 3.64. The molecule has 2 rings (SSSR count). The highest BCUT2D eigenvalue weighted by atomic mass is 19.1. The molecular formula is C12H12F2N4O2. The number of nitro benzene ring substituents is 1. The summed E-state index contributed by atoms with van der Waals surface area (Å²) in [4.78, 5) is 9.64. The van der Waals surface area contributed by atoms with Gasteiger partial charge in [-0.25, -0.2) is 8.78 Å². The van der Waals surface area contributed by atoms with Gasteiger partial charge < -0.3 is 5.32 Å². The molecule has 106 valence electrons. The van der Waals surface area contributed by atoms with E-state index in [2.05, 4.69) is 10.4 Å². The molecule has 0 bridgehead atoms. The summed E-state index contributed by atoms with van der Waals surface area (Å²) < 4.78 is 29.0. The standard InChI is InChI=1S/C12H12F2N4O2/c1-7(2)17-6-8(5-15-17)16-12-10(13)3-9(18(19)20)4-11(12)14/h3-7,16H,1-2H3. The van der Waals surface area contributed by atoms with Crippen molar-refractivity contribution in [1.82, 2.24) is 9.78 Å². The SMILES string of the molecule is CC(C)n1cc(Nc2c(F)cc([N+](=O)[O-])cc2F)cn1. The number of nitrogens with zero attached hydrogens (tertiary/aromatic N) is 3. The largest absolute Gasteiger partial charge is 0.348 e. The Bertz CT molecular complexity index is 632. The topological polar surface area (TPSA) is 73.0 Å².